The van der Waals surface area contributed by atoms with E-state index in [0.29, 0.717) is 11.8 Å². The summed E-state index contributed by atoms with van der Waals surface area (Å²) >= 11 is 8.28. The van der Waals surface area contributed by atoms with Crippen LogP contribution in [0.4, 0.5) is 0 Å². The van der Waals surface area contributed by atoms with Crippen molar-refractivity contribution >= 4 is 23.4 Å². The summed E-state index contributed by atoms with van der Waals surface area (Å²) in [7, 11) is 0. The van der Waals surface area contributed by atoms with Gasteiger partial charge in [-0.2, -0.15) is 0 Å². The first kappa shape index (κ1) is 17.8. The number of thioether (sulfide) groups is 1. The van der Waals surface area contributed by atoms with E-state index in [1.807, 2.05) is 17.8 Å². The molecular weight excluding hydrogens is 358 g/mol. The molecule has 0 amide bonds. The van der Waals surface area contributed by atoms with Crippen LogP contribution in [0.3, 0.4) is 0 Å². The second-order valence-electron chi connectivity index (χ2n) is 7.24. The fourth-order valence-corrected chi connectivity index (χ4v) is 5.18. The molecule has 2 heterocycles. The van der Waals surface area contributed by atoms with E-state index in [4.69, 9.17) is 11.6 Å². The first-order chi connectivity index (χ1) is 12.6. The number of hydrogen-bond donors (Lipinski definition) is 0. The lowest BCUT2D eigenvalue weighted by Gasteiger charge is -2.32. The molecule has 3 aromatic rings. The van der Waals surface area contributed by atoms with E-state index in [0.717, 1.165) is 11.4 Å². The van der Waals surface area contributed by atoms with Crippen LogP contribution < -0.4 is 0 Å². The van der Waals surface area contributed by atoms with Crippen LogP contribution in [0.5, 0.6) is 0 Å². The molecule has 0 aliphatic carbocycles. The van der Waals surface area contributed by atoms with Crippen molar-refractivity contribution < 1.29 is 0 Å². The first-order valence-corrected chi connectivity index (χ1v) is 10.8. The largest absolute Gasteiger partial charge is 0.321 e. The van der Waals surface area contributed by atoms with Gasteiger partial charge >= 0.3 is 0 Å². The molecule has 1 nitrogen and oxygen atoms in total. The summed E-state index contributed by atoms with van der Waals surface area (Å²) in [6.45, 7) is 4.65. The smallest absolute Gasteiger partial charge is 0.0491 e. The first-order valence-electron chi connectivity index (χ1n) is 9.19. The maximum atomic E-state index is 6.46. The third kappa shape index (κ3) is 3.00. The lowest BCUT2D eigenvalue weighted by Crippen LogP contribution is -2.19. The highest BCUT2D eigenvalue weighted by Crippen LogP contribution is 2.43. The molecule has 4 rings (SSSR count). The lowest BCUT2D eigenvalue weighted by molar-refractivity contribution is 0.460. The topological polar surface area (TPSA) is 4.93 Å². The van der Waals surface area contributed by atoms with E-state index in [2.05, 4.69) is 73.3 Å². The molecule has 0 radical (unpaired) electrons. The van der Waals surface area contributed by atoms with Gasteiger partial charge in [-0.25, -0.2) is 0 Å². The van der Waals surface area contributed by atoms with Crippen molar-refractivity contribution in [2.24, 2.45) is 5.92 Å². The number of halogens is 1. The molecule has 0 saturated heterocycles. The van der Waals surface area contributed by atoms with Crippen LogP contribution in [0.1, 0.15) is 41.6 Å². The summed E-state index contributed by atoms with van der Waals surface area (Å²) < 4.78 is 2.35. The number of benzene rings is 2. The van der Waals surface area contributed by atoms with Gasteiger partial charge in [-0.05, 0) is 85.0 Å². The Bertz CT molecular complexity index is 943. The van der Waals surface area contributed by atoms with Crippen LogP contribution in [-0.4, -0.2) is 10.8 Å². The molecule has 2 aromatic carbocycles. The molecule has 3 heteroatoms. The zero-order chi connectivity index (χ0) is 18.3. The Balaban J connectivity index is 1.98. The highest BCUT2D eigenvalue weighted by atomic mass is 35.5. The monoisotopic (exact) mass is 381 g/mol. The van der Waals surface area contributed by atoms with Crippen molar-refractivity contribution in [3.63, 3.8) is 0 Å². The molecule has 0 fully saturated rings. The number of fused-ring (bicyclic) bond motifs is 3. The van der Waals surface area contributed by atoms with E-state index in [1.54, 1.807) is 0 Å². The van der Waals surface area contributed by atoms with Crippen LogP contribution >= 0.6 is 23.4 Å². The molecular formula is C23H24ClNS. The number of aryl methyl sites for hydroxylation is 1. The quantitative estimate of drug-likeness (QED) is 0.438. The highest BCUT2D eigenvalue weighted by molar-refractivity contribution is 7.98. The Hall–Kier alpha value is -1.64. The maximum Gasteiger partial charge on any atom is 0.0491 e. The Morgan fingerprint density at radius 1 is 1.08 bits per heavy atom. The SMILES string of the molecule is CSc1cccc([C@@H]2c3cc(Cl)ccc3-n3cccc3CCC2C)c1C. The average Bonchev–Trinajstić information content (AvgIpc) is 3.09. The summed E-state index contributed by atoms with van der Waals surface area (Å²) in [4.78, 5) is 1.36. The van der Waals surface area contributed by atoms with E-state index in [1.165, 1.54) is 39.4 Å². The van der Waals surface area contributed by atoms with Crippen molar-refractivity contribution in [1.29, 1.82) is 0 Å². The summed E-state index contributed by atoms with van der Waals surface area (Å²) in [5.74, 6) is 0.901. The van der Waals surface area contributed by atoms with Crippen LogP contribution in [-0.2, 0) is 6.42 Å². The summed E-state index contributed by atoms with van der Waals surface area (Å²) in [6, 6.07) is 17.5. The summed E-state index contributed by atoms with van der Waals surface area (Å²) in [5, 5.41) is 0.814. The molecule has 134 valence electrons. The molecule has 0 bridgehead atoms. The van der Waals surface area contributed by atoms with Gasteiger partial charge in [-0.15, -0.1) is 11.8 Å². The van der Waals surface area contributed by atoms with E-state index >= 15 is 0 Å². The second-order valence-corrected chi connectivity index (χ2v) is 8.53. The second kappa shape index (κ2) is 7.17. The van der Waals surface area contributed by atoms with Crippen LogP contribution in [0, 0.1) is 12.8 Å². The van der Waals surface area contributed by atoms with Gasteiger partial charge in [0.1, 0.15) is 0 Å². The average molecular weight is 382 g/mol. The van der Waals surface area contributed by atoms with Crippen molar-refractivity contribution in [2.45, 2.75) is 37.5 Å². The van der Waals surface area contributed by atoms with Crippen molar-refractivity contribution in [2.75, 3.05) is 6.26 Å². The normalized spacial score (nSPS) is 19.4. The molecule has 0 saturated carbocycles. The minimum absolute atomic E-state index is 0.353. The summed E-state index contributed by atoms with van der Waals surface area (Å²) in [6.07, 6.45) is 6.61. The molecule has 1 unspecified atom stereocenters. The van der Waals surface area contributed by atoms with Crippen LogP contribution in [0.15, 0.2) is 59.6 Å². The minimum atomic E-state index is 0.353. The fraction of sp³-hybridized carbons (Fsp3) is 0.304. The number of rotatable bonds is 2. The van der Waals surface area contributed by atoms with Gasteiger partial charge in [0.05, 0.1) is 0 Å². The molecule has 0 spiro atoms. The van der Waals surface area contributed by atoms with Gasteiger partial charge in [-0.1, -0.05) is 30.7 Å². The van der Waals surface area contributed by atoms with Crippen molar-refractivity contribution in [3.8, 4) is 5.69 Å². The Morgan fingerprint density at radius 2 is 1.92 bits per heavy atom. The molecule has 0 N–H and O–H groups in total. The number of hydrogen-bond acceptors (Lipinski definition) is 1. The molecule has 1 aliphatic heterocycles. The van der Waals surface area contributed by atoms with Crippen LogP contribution in [0.25, 0.3) is 5.69 Å². The highest BCUT2D eigenvalue weighted by Gasteiger charge is 2.29. The zero-order valence-electron chi connectivity index (χ0n) is 15.5. The Labute approximate surface area is 165 Å². The van der Waals surface area contributed by atoms with Gasteiger partial charge in [0, 0.05) is 33.4 Å². The van der Waals surface area contributed by atoms with Gasteiger partial charge in [0.15, 0.2) is 0 Å². The standard InChI is InChI=1S/C23H24ClNS/c1-15-9-11-18-6-5-13-25(18)21-12-10-17(24)14-20(21)23(15)19-7-4-8-22(26-3)16(19)2/h4-8,10,12-15,23H,9,11H2,1-3H3/t15?,23-/m1/s1. The van der Waals surface area contributed by atoms with E-state index in [9.17, 15) is 0 Å². The van der Waals surface area contributed by atoms with Gasteiger partial charge in [-0.3, -0.25) is 0 Å². The molecule has 1 aromatic heterocycles. The van der Waals surface area contributed by atoms with Crippen molar-refractivity contribution in [1.82, 2.24) is 4.57 Å². The van der Waals surface area contributed by atoms with Gasteiger partial charge in [0.2, 0.25) is 0 Å². The summed E-state index contributed by atoms with van der Waals surface area (Å²) in [5.41, 5.74) is 6.82. The number of aromatic nitrogens is 1. The van der Waals surface area contributed by atoms with E-state index < -0.39 is 0 Å². The maximum absolute atomic E-state index is 6.46. The van der Waals surface area contributed by atoms with Crippen LogP contribution in [0.2, 0.25) is 5.02 Å². The predicted molar refractivity (Wildman–Crippen MR) is 113 cm³/mol. The van der Waals surface area contributed by atoms with Crippen molar-refractivity contribution in [3.05, 3.63) is 82.1 Å². The van der Waals surface area contributed by atoms with Gasteiger partial charge < -0.3 is 4.57 Å². The predicted octanol–water partition coefficient (Wildman–Crippen LogP) is 6.88. The lowest BCUT2D eigenvalue weighted by atomic mass is 9.76. The Morgan fingerprint density at radius 3 is 2.73 bits per heavy atom. The molecule has 2 atom stereocenters. The van der Waals surface area contributed by atoms with E-state index in [-0.39, 0.29) is 0 Å². The third-order valence-corrected chi connectivity index (χ3v) is 6.84. The fourth-order valence-electron chi connectivity index (χ4n) is 4.36. The third-order valence-electron chi connectivity index (χ3n) is 5.72. The Kier molecular flexibility index (Phi) is 4.90. The zero-order valence-corrected chi connectivity index (χ0v) is 17.1. The molecule has 26 heavy (non-hydrogen) atoms. The number of nitrogens with zero attached hydrogens (tertiary/aromatic N) is 1. The molecule has 1 aliphatic rings. The van der Waals surface area contributed by atoms with Gasteiger partial charge in [0.25, 0.3) is 0 Å². The minimum Gasteiger partial charge on any atom is -0.321 e.